The molecule has 1 aromatic heterocycles. The molecule has 1 N–H and O–H groups in total. The minimum Gasteiger partial charge on any atom is -0.503 e. The average molecular weight is 459 g/mol. The van der Waals surface area contributed by atoms with Crippen molar-refractivity contribution < 1.29 is 28.6 Å². The predicted molar refractivity (Wildman–Crippen MR) is 126 cm³/mol. The molecule has 0 fully saturated rings. The number of amides is 1. The normalized spacial score (nSPS) is 15.5. The average Bonchev–Trinajstić information content (AvgIpc) is 3.47. The van der Waals surface area contributed by atoms with E-state index in [2.05, 4.69) is 6.58 Å². The first-order valence-electron chi connectivity index (χ1n) is 10.9. The van der Waals surface area contributed by atoms with E-state index in [0.29, 0.717) is 30.3 Å². The number of rotatable bonds is 10. The number of nitrogens with zero attached hydrogens (tertiary/aromatic N) is 1. The lowest BCUT2D eigenvalue weighted by Gasteiger charge is -2.27. The molecule has 1 atom stereocenters. The van der Waals surface area contributed by atoms with E-state index < -0.39 is 23.5 Å². The van der Waals surface area contributed by atoms with Crippen molar-refractivity contribution in [3.05, 3.63) is 108 Å². The van der Waals surface area contributed by atoms with Gasteiger partial charge in [0.05, 0.1) is 24.5 Å². The molecule has 1 amide bonds. The largest absolute Gasteiger partial charge is 0.503 e. The Balaban J connectivity index is 1.80. The van der Waals surface area contributed by atoms with Crippen molar-refractivity contribution >= 4 is 11.7 Å². The van der Waals surface area contributed by atoms with Gasteiger partial charge in [0, 0.05) is 6.54 Å². The lowest BCUT2D eigenvalue weighted by Crippen LogP contribution is -2.30. The van der Waals surface area contributed by atoms with Crippen LogP contribution in [0.25, 0.3) is 0 Å². The van der Waals surface area contributed by atoms with Gasteiger partial charge in [0.25, 0.3) is 5.91 Å². The Labute approximate surface area is 197 Å². The molecule has 0 radical (unpaired) electrons. The number of carbonyl (C=O) groups excluding carboxylic acids is 2. The first-order valence-corrected chi connectivity index (χ1v) is 10.9. The molecule has 2 aromatic carbocycles. The molecule has 1 aliphatic rings. The zero-order chi connectivity index (χ0) is 24.1. The van der Waals surface area contributed by atoms with Crippen LogP contribution in [0.3, 0.4) is 0 Å². The summed E-state index contributed by atoms with van der Waals surface area (Å²) in [4.78, 5) is 27.9. The number of aliphatic hydroxyl groups is 1. The molecule has 174 valence electrons. The van der Waals surface area contributed by atoms with Gasteiger partial charge in [0.15, 0.2) is 23.0 Å². The van der Waals surface area contributed by atoms with Gasteiger partial charge in [-0.1, -0.05) is 49.1 Å². The third-order valence-electron chi connectivity index (χ3n) is 5.43. The molecule has 7 nitrogen and oxygen atoms in total. The summed E-state index contributed by atoms with van der Waals surface area (Å²) in [6, 6.07) is 16.8. The van der Waals surface area contributed by atoms with Crippen LogP contribution in [0.5, 0.6) is 11.5 Å². The Morgan fingerprint density at radius 1 is 1.12 bits per heavy atom. The zero-order valence-corrected chi connectivity index (χ0v) is 18.8. The minimum absolute atomic E-state index is 0.0388. The highest BCUT2D eigenvalue weighted by Gasteiger charge is 2.44. The Morgan fingerprint density at radius 3 is 2.59 bits per heavy atom. The number of hydrogen-bond acceptors (Lipinski definition) is 6. The lowest BCUT2D eigenvalue weighted by molar-refractivity contribution is -0.130. The van der Waals surface area contributed by atoms with E-state index in [1.807, 2.05) is 37.3 Å². The number of ether oxygens (including phenoxy) is 2. The van der Waals surface area contributed by atoms with Gasteiger partial charge in [-0.15, -0.1) is 0 Å². The van der Waals surface area contributed by atoms with Gasteiger partial charge in [-0.2, -0.15) is 0 Å². The third-order valence-corrected chi connectivity index (χ3v) is 5.43. The maximum Gasteiger partial charge on any atom is 0.290 e. The van der Waals surface area contributed by atoms with Crippen LogP contribution in [0.15, 0.2) is 95.3 Å². The Morgan fingerprint density at radius 2 is 1.91 bits per heavy atom. The SMILES string of the molecule is C=CCOc1ccc(C2C(C(=O)c3ccco3)=C(O)C(=O)N2Cc2ccccc2)cc1OCC. The smallest absolute Gasteiger partial charge is 0.290 e. The number of ketones is 1. The number of Topliss-reactive ketones (excluding diaryl/α,β-unsaturated/α-hetero) is 1. The fourth-order valence-electron chi connectivity index (χ4n) is 3.95. The zero-order valence-electron chi connectivity index (χ0n) is 18.8. The number of hydrogen-bond donors (Lipinski definition) is 1. The van der Waals surface area contributed by atoms with Gasteiger partial charge in [-0.3, -0.25) is 9.59 Å². The summed E-state index contributed by atoms with van der Waals surface area (Å²) in [6.45, 7) is 6.40. The van der Waals surface area contributed by atoms with Crippen molar-refractivity contribution in [2.24, 2.45) is 0 Å². The van der Waals surface area contributed by atoms with Crippen molar-refractivity contribution in [3.8, 4) is 11.5 Å². The molecule has 1 unspecified atom stereocenters. The third kappa shape index (κ3) is 4.45. The topological polar surface area (TPSA) is 89.2 Å². The number of benzene rings is 2. The Hall–Kier alpha value is -4.26. The quantitative estimate of drug-likeness (QED) is 0.338. The van der Waals surface area contributed by atoms with E-state index >= 15 is 0 Å². The summed E-state index contributed by atoms with van der Waals surface area (Å²) in [5.74, 6) is -0.763. The fourth-order valence-corrected chi connectivity index (χ4v) is 3.95. The molecular formula is C27H25NO6. The molecule has 4 rings (SSSR count). The van der Waals surface area contributed by atoms with Gasteiger partial charge in [0.2, 0.25) is 5.78 Å². The van der Waals surface area contributed by atoms with E-state index in [4.69, 9.17) is 13.9 Å². The monoisotopic (exact) mass is 459 g/mol. The van der Waals surface area contributed by atoms with Gasteiger partial charge in [-0.25, -0.2) is 0 Å². The van der Waals surface area contributed by atoms with Crippen LogP contribution in [0.4, 0.5) is 0 Å². The van der Waals surface area contributed by atoms with E-state index in [-0.39, 0.29) is 17.9 Å². The van der Waals surface area contributed by atoms with E-state index in [1.165, 1.54) is 17.2 Å². The summed E-state index contributed by atoms with van der Waals surface area (Å²) < 4.78 is 16.7. The number of carbonyl (C=O) groups is 2. The molecule has 0 saturated carbocycles. The summed E-state index contributed by atoms with van der Waals surface area (Å²) >= 11 is 0. The molecule has 0 saturated heterocycles. The number of aliphatic hydroxyl groups excluding tert-OH is 1. The molecule has 2 heterocycles. The maximum absolute atomic E-state index is 13.3. The highest BCUT2D eigenvalue weighted by molar-refractivity contribution is 6.15. The van der Waals surface area contributed by atoms with Gasteiger partial charge < -0.3 is 23.9 Å². The van der Waals surface area contributed by atoms with Crippen LogP contribution >= 0.6 is 0 Å². The molecule has 0 aliphatic carbocycles. The molecule has 34 heavy (non-hydrogen) atoms. The summed E-state index contributed by atoms with van der Waals surface area (Å²) in [6.07, 6.45) is 3.00. The molecule has 3 aromatic rings. The summed E-state index contributed by atoms with van der Waals surface area (Å²) in [5.41, 5.74) is 1.41. The maximum atomic E-state index is 13.3. The highest BCUT2D eigenvalue weighted by atomic mass is 16.5. The van der Waals surface area contributed by atoms with Crippen LogP contribution in [-0.4, -0.2) is 34.9 Å². The van der Waals surface area contributed by atoms with Crippen molar-refractivity contribution in [3.63, 3.8) is 0 Å². The van der Waals surface area contributed by atoms with Crippen LogP contribution in [-0.2, 0) is 11.3 Å². The molecule has 1 aliphatic heterocycles. The lowest BCUT2D eigenvalue weighted by atomic mass is 9.94. The summed E-state index contributed by atoms with van der Waals surface area (Å²) in [5, 5.41) is 10.8. The first kappa shape index (κ1) is 22.9. The highest BCUT2D eigenvalue weighted by Crippen LogP contribution is 2.42. The van der Waals surface area contributed by atoms with Crippen molar-refractivity contribution in [2.45, 2.75) is 19.5 Å². The van der Waals surface area contributed by atoms with Crippen molar-refractivity contribution in [1.29, 1.82) is 0 Å². The number of furan rings is 1. The Kier molecular flexibility index (Phi) is 6.82. The second kappa shape index (κ2) is 10.1. The van der Waals surface area contributed by atoms with Crippen LogP contribution < -0.4 is 9.47 Å². The Bertz CT molecular complexity index is 1210. The van der Waals surface area contributed by atoms with E-state index in [0.717, 1.165) is 5.56 Å². The first-order chi connectivity index (χ1) is 16.5. The van der Waals surface area contributed by atoms with Gasteiger partial charge in [0.1, 0.15) is 6.61 Å². The van der Waals surface area contributed by atoms with E-state index in [9.17, 15) is 14.7 Å². The van der Waals surface area contributed by atoms with Crippen LogP contribution in [0, 0.1) is 0 Å². The second-order valence-corrected chi connectivity index (χ2v) is 7.63. The molecular weight excluding hydrogens is 434 g/mol. The van der Waals surface area contributed by atoms with Crippen LogP contribution in [0.1, 0.15) is 34.6 Å². The summed E-state index contributed by atoms with van der Waals surface area (Å²) in [7, 11) is 0. The molecule has 7 heteroatoms. The fraction of sp³-hybridized carbons (Fsp3) is 0.185. The molecule has 0 spiro atoms. The predicted octanol–water partition coefficient (Wildman–Crippen LogP) is 5.02. The van der Waals surface area contributed by atoms with Crippen molar-refractivity contribution in [1.82, 2.24) is 4.90 Å². The minimum atomic E-state index is -0.849. The van der Waals surface area contributed by atoms with Crippen molar-refractivity contribution in [2.75, 3.05) is 13.2 Å². The van der Waals surface area contributed by atoms with Crippen LogP contribution in [0.2, 0.25) is 0 Å². The molecule has 0 bridgehead atoms. The van der Waals surface area contributed by atoms with Gasteiger partial charge in [-0.05, 0) is 42.3 Å². The van der Waals surface area contributed by atoms with Gasteiger partial charge >= 0.3 is 0 Å². The standard InChI is InChI=1S/C27H25NO6/c1-3-14-33-20-13-12-19(16-22(20)32-4-2)24-23(25(29)21-11-8-15-34-21)26(30)27(31)28(24)17-18-9-6-5-7-10-18/h3,5-13,15-16,24,30H,1,4,14,17H2,2H3. The second-order valence-electron chi connectivity index (χ2n) is 7.63. The van der Waals surface area contributed by atoms with E-state index in [1.54, 1.807) is 30.3 Å².